The number of carbonyl (C=O) groups is 2. The van der Waals surface area contributed by atoms with Crippen LogP contribution in [0.15, 0.2) is 24.3 Å². The zero-order valence-corrected chi connectivity index (χ0v) is 16.5. The van der Waals surface area contributed by atoms with Crippen LogP contribution in [-0.4, -0.2) is 55.7 Å². The molecular weight excluding hydrogens is 370 g/mol. The van der Waals surface area contributed by atoms with Gasteiger partial charge >= 0.3 is 5.97 Å². The Balaban J connectivity index is 1.97. The molecule has 2 N–H and O–H groups in total. The summed E-state index contributed by atoms with van der Waals surface area (Å²) in [7, 11) is -3.63. The fourth-order valence-electron chi connectivity index (χ4n) is 3.18. The topological polar surface area (TPSA) is 110 Å². The molecule has 150 valence electrons. The number of benzene rings is 1. The Bertz CT molecular complexity index is 770. The highest BCUT2D eigenvalue weighted by Crippen LogP contribution is 2.20. The van der Waals surface area contributed by atoms with Crippen LogP contribution in [-0.2, 0) is 30.6 Å². The largest absolute Gasteiger partial charge is 0.481 e. The van der Waals surface area contributed by atoms with Crippen LogP contribution < -0.4 is 5.32 Å². The third-order valence-corrected chi connectivity index (χ3v) is 7.53. The van der Waals surface area contributed by atoms with Gasteiger partial charge in [0.15, 0.2) is 9.84 Å². The van der Waals surface area contributed by atoms with Gasteiger partial charge in [-0.15, -0.1) is 0 Å². The van der Waals surface area contributed by atoms with Crippen LogP contribution in [0.1, 0.15) is 30.9 Å². The fraction of sp³-hybridized carbons (Fsp3) is 0.579. The van der Waals surface area contributed by atoms with Gasteiger partial charge in [-0.1, -0.05) is 29.8 Å². The molecule has 1 aromatic rings. The van der Waals surface area contributed by atoms with Gasteiger partial charge in [-0.25, -0.2) is 8.42 Å². The predicted molar refractivity (Wildman–Crippen MR) is 101 cm³/mol. The van der Waals surface area contributed by atoms with E-state index in [0.717, 1.165) is 11.1 Å². The number of aliphatic carboxylic acids is 1. The normalized spacial score (nSPS) is 17.9. The van der Waals surface area contributed by atoms with E-state index in [2.05, 4.69) is 5.32 Å². The minimum atomic E-state index is -3.63. The van der Waals surface area contributed by atoms with Gasteiger partial charge in [0.1, 0.15) is 5.25 Å². The van der Waals surface area contributed by atoms with E-state index in [1.165, 1.54) is 6.92 Å². The van der Waals surface area contributed by atoms with Gasteiger partial charge in [-0.3, -0.25) is 9.59 Å². The standard InChI is InChI=1S/C19H27NO6S/c1-13-4-3-5-15(10-13)11-16(19(22)23)12-20-18(21)14(2)27(24,25)17-6-8-26-9-7-17/h3-5,10,14,16-17H,6-9,11-12H2,1-2H3,(H,20,21)(H,22,23). The summed E-state index contributed by atoms with van der Waals surface area (Å²) in [5, 5.41) is 10.1. The molecule has 1 fully saturated rings. The molecule has 8 heteroatoms. The van der Waals surface area contributed by atoms with Crippen molar-refractivity contribution in [2.45, 2.75) is 43.6 Å². The molecule has 2 rings (SSSR count). The number of hydrogen-bond donors (Lipinski definition) is 2. The molecule has 1 amide bonds. The summed E-state index contributed by atoms with van der Waals surface area (Å²) in [5.41, 5.74) is 1.89. The molecule has 0 saturated carbocycles. The molecule has 0 bridgehead atoms. The molecule has 27 heavy (non-hydrogen) atoms. The molecule has 0 spiro atoms. The van der Waals surface area contributed by atoms with Gasteiger partial charge < -0.3 is 15.2 Å². The van der Waals surface area contributed by atoms with Gasteiger partial charge in [0.2, 0.25) is 5.91 Å². The number of carbonyl (C=O) groups excluding carboxylic acids is 1. The Hall–Kier alpha value is -1.93. The Morgan fingerprint density at radius 3 is 2.56 bits per heavy atom. The molecule has 1 saturated heterocycles. The lowest BCUT2D eigenvalue weighted by molar-refractivity contribution is -0.141. The first-order valence-electron chi connectivity index (χ1n) is 9.08. The van der Waals surface area contributed by atoms with Crippen molar-refractivity contribution < 1.29 is 27.9 Å². The number of amides is 1. The highest BCUT2D eigenvalue weighted by atomic mass is 32.2. The zero-order chi connectivity index (χ0) is 20.0. The number of aryl methyl sites for hydroxylation is 1. The molecule has 1 aromatic carbocycles. The SMILES string of the molecule is Cc1cccc(CC(CNC(=O)C(C)S(=O)(=O)C2CCOCC2)C(=O)O)c1. The van der Waals surface area contributed by atoms with Crippen molar-refractivity contribution in [3.63, 3.8) is 0 Å². The Morgan fingerprint density at radius 2 is 1.96 bits per heavy atom. The second-order valence-electron chi connectivity index (χ2n) is 7.02. The second-order valence-corrected chi connectivity index (χ2v) is 9.57. The maximum Gasteiger partial charge on any atom is 0.308 e. The number of rotatable bonds is 8. The average Bonchev–Trinajstić information content (AvgIpc) is 2.64. The van der Waals surface area contributed by atoms with Crippen LogP contribution in [0.25, 0.3) is 0 Å². The fourth-order valence-corrected chi connectivity index (χ4v) is 4.99. The number of ether oxygens (including phenoxy) is 1. The number of nitrogens with one attached hydrogen (secondary N) is 1. The molecule has 2 unspecified atom stereocenters. The Morgan fingerprint density at radius 1 is 1.30 bits per heavy atom. The van der Waals surface area contributed by atoms with Crippen molar-refractivity contribution in [3.05, 3.63) is 35.4 Å². The quantitative estimate of drug-likeness (QED) is 0.685. The maximum absolute atomic E-state index is 12.6. The lowest BCUT2D eigenvalue weighted by Crippen LogP contribution is -2.45. The van der Waals surface area contributed by atoms with E-state index >= 15 is 0 Å². The predicted octanol–water partition coefficient (Wildman–Crippen LogP) is 1.34. The number of sulfone groups is 1. The van der Waals surface area contributed by atoms with Crippen molar-refractivity contribution in [2.75, 3.05) is 19.8 Å². The van der Waals surface area contributed by atoms with Crippen LogP contribution in [0.3, 0.4) is 0 Å². The molecule has 0 aliphatic carbocycles. The second kappa shape index (κ2) is 9.32. The maximum atomic E-state index is 12.6. The summed E-state index contributed by atoms with van der Waals surface area (Å²) >= 11 is 0. The highest BCUT2D eigenvalue weighted by Gasteiger charge is 2.36. The van der Waals surface area contributed by atoms with E-state index in [1.807, 2.05) is 31.2 Å². The third-order valence-electron chi connectivity index (χ3n) is 4.93. The highest BCUT2D eigenvalue weighted by molar-refractivity contribution is 7.93. The van der Waals surface area contributed by atoms with Crippen molar-refractivity contribution in [3.8, 4) is 0 Å². The molecule has 0 aromatic heterocycles. The Kier molecular flexibility index (Phi) is 7.38. The summed E-state index contributed by atoms with van der Waals surface area (Å²) in [6.07, 6.45) is 1.02. The minimum Gasteiger partial charge on any atom is -0.481 e. The number of hydrogen-bond acceptors (Lipinski definition) is 5. The third kappa shape index (κ3) is 5.77. The van der Waals surface area contributed by atoms with E-state index < -0.39 is 38.1 Å². The number of carboxylic acid groups (broad SMARTS) is 1. The summed E-state index contributed by atoms with van der Waals surface area (Å²) in [6, 6.07) is 7.51. The van der Waals surface area contributed by atoms with Crippen molar-refractivity contribution in [1.29, 1.82) is 0 Å². The average molecular weight is 397 g/mol. The van der Waals surface area contributed by atoms with Crippen molar-refractivity contribution in [1.82, 2.24) is 5.32 Å². The monoisotopic (exact) mass is 397 g/mol. The van der Waals surface area contributed by atoms with Crippen LogP contribution in [0.5, 0.6) is 0 Å². The van der Waals surface area contributed by atoms with Gasteiger partial charge in [-0.2, -0.15) is 0 Å². The summed E-state index contributed by atoms with van der Waals surface area (Å²) in [6.45, 7) is 3.90. The molecule has 2 atom stereocenters. The van der Waals surface area contributed by atoms with Crippen LogP contribution in [0.2, 0.25) is 0 Å². The van der Waals surface area contributed by atoms with Crippen molar-refractivity contribution in [2.24, 2.45) is 5.92 Å². The van der Waals surface area contributed by atoms with Gasteiger partial charge in [0.25, 0.3) is 0 Å². The van der Waals surface area contributed by atoms with Crippen LogP contribution in [0.4, 0.5) is 0 Å². The van der Waals surface area contributed by atoms with E-state index in [0.29, 0.717) is 26.1 Å². The first kappa shape index (κ1) is 21.4. The smallest absolute Gasteiger partial charge is 0.308 e. The van der Waals surface area contributed by atoms with Crippen molar-refractivity contribution >= 4 is 21.7 Å². The van der Waals surface area contributed by atoms with Gasteiger partial charge in [0, 0.05) is 19.8 Å². The molecule has 7 nitrogen and oxygen atoms in total. The number of carboxylic acids is 1. The summed E-state index contributed by atoms with van der Waals surface area (Å²) in [5.74, 6) is -2.51. The lowest BCUT2D eigenvalue weighted by Gasteiger charge is -2.25. The molecule has 1 aliphatic rings. The lowest BCUT2D eigenvalue weighted by atomic mass is 9.98. The minimum absolute atomic E-state index is 0.115. The molecule has 1 heterocycles. The zero-order valence-electron chi connectivity index (χ0n) is 15.7. The van der Waals surface area contributed by atoms with Crippen LogP contribution in [0, 0.1) is 12.8 Å². The Labute approximate surface area is 160 Å². The van der Waals surface area contributed by atoms with E-state index in [4.69, 9.17) is 4.74 Å². The van der Waals surface area contributed by atoms with Gasteiger partial charge in [-0.05, 0) is 38.7 Å². The van der Waals surface area contributed by atoms with E-state index in [1.54, 1.807) is 0 Å². The first-order chi connectivity index (χ1) is 12.7. The van der Waals surface area contributed by atoms with E-state index in [-0.39, 0.29) is 13.0 Å². The summed E-state index contributed by atoms with van der Waals surface area (Å²) < 4.78 is 30.4. The molecule has 1 aliphatic heterocycles. The summed E-state index contributed by atoms with van der Waals surface area (Å²) in [4.78, 5) is 23.9. The molecular formula is C19H27NO6S. The van der Waals surface area contributed by atoms with Crippen LogP contribution >= 0.6 is 0 Å². The molecule has 0 radical (unpaired) electrons. The first-order valence-corrected chi connectivity index (χ1v) is 10.7. The van der Waals surface area contributed by atoms with Gasteiger partial charge in [0.05, 0.1) is 11.2 Å². The van der Waals surface area contributed by atoms with E-state index in [9.17, 15) is 23.1 Å².